The fourth-order valence-corrected chi connectivity index (χ4v) is 7.58. The van der Waals surface area contributed by atoms with Crippen LogP contribution in [0.3, 0.4) is 0 Å². The number of hydrogen-bond acceptors (Lipinski definition) is 5. The zero-order valence-electron chi connectivity index (χ0n) is 6.35. The van der Waals surface area contributed by atoms with Crippen molar-refractivity contribution >= 4 is 51.1 Å². The molecule has 0 unspecified atom stereocenters. The summed E-state index contributed by atoms with van der Waals surface area (Å²) in [7, 11) is 8.86. The fraction of sp³-hybridized carbons (Fsp3) is 0.333. The van der Waals surface area contributed by atoms with Gasteiger partial charge in [0, 0.05) is 0 Å². The maximum absolute atomic E-state index is 2.08. The van der Waals surface area contributed by atoms with Gasteiger partial charge in [-0.3, -0.25) is 0 Å². The van der Waals surface area contributed by atoms with Gasteiger partial charge in [-0.25, -0.2) is 0 Å². The van der Waals surface area contributed by atoms with Crippen LogP contribution in [0.25, 0.3) is 0 Å². The summed E-state index contributed by atoms with van der Waals surface area (Å²) in [6.07, 6.45) is 4.09. The number of rotatable bonds is 6. The Morgan fingerprint density at radius 1 is 0.727 bits per heavy atom. The first kappa shape index (κ1) is 12.2. The van der Waals surface area contributed by atoms with Crippen molar-refractivity contribution in [3.8, 4) is 0 Å². The molecule has 0 bridgehead atoms. The molecule has 0 heterocycles. The number of hydrogen-bond donors (Lipinski definition) is 0. The van der Waals surface area contributed by atoms with E-state index in [0.717, 1.165) is 0 Å². The van der Waals surface area contributed by atoms with Crippen LogP contribution in [-0.4, -0.2) is 0 Å². The van der Waals surface area contributed by atoms with Crippen molar-refractivity contribution < 1.29 is 0 Å². The van der Waals surface area contributed by atoms with E-state index in [0.29, 0.717) is 0 Å². The Morgan fingerprint density at radius 3 is 1.55 bits per heavy atom. The van der Waals surface area contributed by atoms with E-state index < -0.39 is 0 Å². The van der Waals surface area contributed by atoms with Gasteiger partial charge in [0.1, 0.15) is 0 Å². The van der Waals surface area contributed by atoms with E-state index in [1.165, 1.54) is 0 Å². The predicted octanol–water partition coefficient (Wildman–Crippen LogP) is 5.38. The standard InChI is InChI=1S/C6H10S5/c1-3-5-7-9-11-10-8-6-4-2/h3-6H,1-2H3. The SMILES string of the molecule is CC=CSSSSSC=CC. The van der Waals surface area contributed by atoms with Gasteiger partial charge in [0.15, 0.2) is 0 Å². The Bertz CT molecular complexity index is 106. The first-order chi connectivity index (χ1) is 5.41. The van der Waals surface area contributed by atoms with Gasteiger partial charge < -0.3 is 0 Å². The summed E-state index contributed by atoms with van der Waals surface area (Å²) in [6.45, 7) is 4.06. The van der Waals surface area contributed by atoms with Crippen LogP contribution in [0, 0.1) is 0 Å². The molecule has 0 saturated carbocycles. The molecule has 0 spiro atoms. The molecule has 0 nitrogen and oxygen atoms in total. The summed E-state index contributed by atoms with van der Waals surface area (Å²) in [5.41, 5.74) is 0. The minimum atomic E-state index is 1.75. The van der Waals surface area contributed by atoms with E-state index in [4.69, 9.17) is 0 Å². The monoisotopic (exact) mass is 242 g/mol. The van der Waals surface area contributed by atoms with Gasteiger partial charge in [0.25, 0.3) is 0 Å². The summed E-state index contributed by atoms with van der Waals surface area (Å²) < 4.78 is 0. The smallest absolute Gasteiger partial charge is 0.00107 e. The molecule has 0 rings (SSSR count). The highest BCUT2D eigenvalue weighted by atomic mass is 33.8. The summed E-state index contributed by atoms with van der Waals surface area (Å²) in [5.74, 6) is 0. The molecule has 11 heavy (non-hydrogen) atoms. The quantitative estimate of drug-likeness (QED) is 0.451. The largest absolute Gasteiger partial charge is 0.0804 e. The lowest BCUT2D eigenvalue weighted by molar-refractivity contribution is 1.79. The minimum absolute atomic E-state index is 1.75. The average molecular weight is 242 g/mol. The van der Waals surface area contributed by atoms with E-state index in [2.05, 4.69) is 10.8 Å². The van der Waals surface area contributed by atoms with Crippen molar-refractivity contribution in [1.82, 2.24) is 0 Å². The Balaban J connectivity index is 2.90. The lowest BCUT2D eigenvalue weighted by atomic mass is 10.8. The maximum Gasteiger partial charge on any atom is -0.00107 e. The van der Waals surface area contributed by atoms with Crippen LogP contribution in [0.2, 0.25) is 0 Å². The van der Waals surface area contributed by atoms with E-state index >= 15 is 0 Å². The Morgan fingerprint density at radius 2 is 1.18 bits per heavy atom. The van der Waals surface area contributed by atoms with Crippen LogP contribution in [0.1, 0.15) is 13.8 Å². The second kappa shape index (κ2) is 11.2. The predicted molar refractivity (Wildman–Crippen MR) is 67.6 cm³/mol. The fourth-order valence-electron chi connectivity index (χ4n) is 0.200. The topological polar surface area (TPSA) is 0 Å². The van der Waals surface area contributed by atoms with Gasteiger partial charge in [-0.1, -0.05) is 33.7 Å². The zero-order valence-corrected chi connectivity index (χ0v) is 10.4. The first-order valence-corrected chi connectivity index (χ1v) is 9.24. The summed E-state index contributed by atoms with van der Waals surface area (Å²) >= 11 is 0. The van der Waals surface area contributed by atoms with Crippen molar-refractivity contribution in [3.05, 3.63) is 23.0 Å². The molecule has 0 aromatic carbocycles. The van der Waals surface area contributed by atoms with Gasteiger partial charge in [0.05, 0.1) is 0 Å². The van der Waals surface area contributed by atoms with E-state index in [1.807, 2.05) is 26.0 Å². The minimum Gasteiger partial charge on any atom is -0.0804 e. The first-order valence-electron chi connectivity index (χ1n) is 2.96. The van der Waals surface area contributed by atoms with Crippen LogP contribution in [0.5, 0.6) is 0 Å². The second-order valence-electron chi connectivity index (χ2n) is 1.34. The molecule has 0 aromatic heterocycles. The zero-order chi connectivity index (χ0) is 8.36. The van der Waals surface area contributed by atoms with Crippen LogP contribution >= 0.6 is 51.1 Å². The highest BCUT2D eigenvalue weighted by molar-refractivity contribution is 9.36. The third kappa shape index (κ3) is 11.2. The molecule has 0 radical (unpaired) electrons. The highest BCUT2D eigenvalue weighted by Crippen LogP contribution is 2.49. The summed E-state index contributed by atoms with van der Waals surface area (Å²) in [4.78, 5) is 0. The van der Waals surface area contributed by atoms with Crippen molar-refractivity contribution in [2.75, 3.05) is 0 Å². The van der Waals surface area contributed by atoms with Crippen LogP contribution in [0.4, 0.5) is 0 Å². The van der Waals surface area contributed by atoms with Crippen LogP contribution in [-0.2, 0) is 0 Å². The van der Waals surface area contributed by atoms with E-state index in [9.17, 15) is 0 Å². The maximum atomic E-state index is 2.08. The Kier molecular flexibility index (Phi) is 12.5. The van der Waals surface area contributed by atoms with Gasteiger partial charge in [-0.05, 0) is 54.1 Å². The molecular weight excluding hydrogens is 232 g/mol. The van der Waals surface area contributed by atoms with Crippen LogP contribution in [0.15, 0.2) is 23.0 Å². The average Bonchev–Trinajstić information content (AvgIpc) is 2.03. The molecule has 0 aliphatic carbocycles. The molecule has 0 aromatic rings. The van der Waals surface area contributed by atoms with E-state index in [1.54, 1.807) is 51.1 Å². The lowest BCUT2D eigenvalue weighted by Gasteiger charge is -1.90. The van der Waals surface area contributed by atoms with Gasteiger partial charge in [-0.15, -0.1) is 0 Å². The van der Waals surface area contributed by atoms with Gasteiger partial charge >= 0.3 is 0 Å². The van der Waals surface area contributed by atoms with Crippen molar-refractivity contribution in [2.45, 2.75) is 13.8 Å². The molecule has 5 heteroatoms. The van der Waals surface area contributed by atoms with Gasteiger partial charge in [-0.2, -0.15) is 0 Å². The third-order valence-electron chi connectivity index (χ3n) is 0.517. The van der Waals surface area contributed by atoms with Crippen molar-refractivity contribution in [3.63, 3.8) is 0 Å². The van der Waals surface area contributed by atoms with Crippen LogP contribution < -0.4 is 0 Å². The molecule has 0 amide bonds. The summed E-state index contributed by atoms with van der Waals surface area (Å²) in [6, 6.07) is 0. The van der Waals surface area contributed by atoms with E-state index in [-0.39, 0.29) is 0 Å². The molecule has 64 valence electrons. The Labute approximate surface area is 87.4 Å². The third-order valence-corrected chi connectivity index (χ3v) is 8.44. The molecule has 0 aliphatic rings. The molecule has 0 N–H and O–H groups in total. The molecule has 0 fully saturated rings. The van der Waals surface area contributed by atoms with Crippen molar-refractivity contribution in [2.24, 2.45) is 0 Å². The molecule has 0 saturated heterocycles. The van der Waals surface area contributed by atoms with Crippen molar-refractivity contribution in [1.29, 1.82) is 0 Å². The summed E-state index contributed by atoms with van der Waals surface area (Å²) in [5, 5.41) is 4.16. The highest BCUT2D eigenvalue weighted by Gasteiger charge is 1.87. The molecule has 0 atom stereocenters. The lowest BCUT2D eigenvalue weighted by Crippen LogP contribution is -1.37. The normalized spacial score (nSPS) is 11.8. The molecule has 0 aliphatic heterocycles. The second-order valence-corrected chi connectivity index (χ2v) is 8.73. The Hall–Kier alpha value is 1.23. The molecular formula is C6H10S5. The number of allylic oxidation sites excluding steroid dienone is 2. The van der Waals surface area contributed by atoms with Gasteiger partial charge in [0.2, 0.25) is 0 Å².